The molecule has 1 aromatic heterocycles. The molecule has 0 aliphatic heterocycles. The molecule has 1 aliphatic rings. The molecule has 0 atom stereocenters. The lowest BCUT2D eigenvalue weighted by atomic mass is 10.1. The molecule has 6 nitrogen and oxygen atoms in total. The second-order valence-electron chi connectivity index (χ2n) is 5.35. The summed E-state index contributed by atoms with van der Waals surface area (Å²) in [4.78, 5) is 36.2. The highest BCUT2D eigenvalue weighted by molar-refractivity contribution is 7.14. The molecule has 0 bridgehead atoms. The number of hydrogen-bond acceptors (Lipinski definition) is 4. The number of carbonyl (C=O) groups is 3. The van der Waals surface area contributed by atoms with Crippen LogP contribution in [0.2, 0.25) is 0 Å². The Morgan fingerprint density at radius 1 is 1.14 bits per heavy atom. The Balaban J connectivity index is 1.80. The summed E-state index contributed by atoms with van der Waals surface area (Å²) in [5, 5.41) is 2.52. The molecule has 22 heavy (non-hydrogen) atoms. The minimum Gasteiger partial charge on any atom is -0.356 e. The van der Waals surface area contributed by atoms with Gasteiger partial charge in [-0.1, -0.05) is 6.42 Å². The number of aryl methyl sites for hydroxylation is 2. The van der Waals surface area contributed by atoms with E-state index in [1.807, 2.05) is 6.07 Å². The molecule has 0 saturated carbocycles. The number of fused-ring (bicyclic) bond motifs is 1. The third-order valence-electron chi connectivity index (χ3n) is 3.51. The summed E-state index contributed by atoms with van der Waals surface area (Å²) in [5.74, 6) is -0.803. The zero-order valence-corrected chi connectivity index (χ0v) is 13.5. The van der Waals surface area contributed by atoms with Gasteiger partial charge in [0.15, 0.2) is 0 Å². The Hall–Kier alpha value is -1.89. The van der Waals surface area contributed by atoms with Gasteiger partial charge < -0.3 is 5.32 Å². The highest BCUT2D eigenvalue weighted by Crippen LogP contribution is 2.28. The van der Waals surface area contributed by atoms with Crippen LogP contribution in [0.3, 0.4) is 0 Å². The third kappa shape index (κ3) is 4.84. The predicted octanol–water partition coefficient (Wildman–Crippen LogP) is 1.30. The van der Waals surface area contributed by atoms with E-state index >= 15 is 0 Å². The molecular formula is C15H21N3O3S. The van der Waals surface area contributed by atoms with Crippen LogP contribution in [0.5, 0.6) is 0 Å². The van der Waals surface area contributed by atoms with Crippen molar-refractivity contribution in [2.24, 2.45) is 0 Å². The van der Waals surface area contributed by atoms with Gasteiger partial charge in [0, 0.05) is 24.8 Å². The molecule has 120 valence electrons. The Morgan fingerprint density at radius 2 is 1.91 bits per heavy atom. The van der Waals surface area contributed by atoms with Crippen LogP contribution >= 0.6 is 11.3 Å². The lowest BCUT2D eigenvalue weighted by molar-refractivity contribution is -0.122. The number of hydrazine groups is 1. The van der Waals surface area contributed by atoms with E-state index in [0.717, 1.165) is 12.8 Å². The van der Waals surface area contributed by atoms with E-state index in [4.69, 9.17) is 0 Å². The number of carbonyl (C=O) groups excluding carboxylic acids is 3. The van der Waals surface area contributed by atoms with Crippen molar-refractivity contribution in [3.8, 4) is 0 Å². The van der Waals surface area contributed by atoms with Crippen molar-refractivity contribution in [2.75, 3.05) is 6.54 Å². The highest BCUT2D eigenvalue weighted by Gasteiger charge is 2.16. The smallest absolute Gasteiger partial charge is 0.279 e. The summed E-state index contributed by atoms with van der Waals surface area (Å²) in [7, 11) is 0. The van der Waals surface area contributed by atoms with E-state index < -0.39 is 0 Å². The topological polar surface area (TPSA) is 87.3 Å². The Kier molecular flexibility index (Phi) is 5.94. The molecule has 0 radical (unpaired) electrons. The fraction of sp³-hybridized carbons (Fsp3) is 0.533. The summed E-state index contributed by atoms with van der Waals surface area (Å²) in [6.45, 7) is 1.64. The largest absolute Gasteiger partial charge is 0.356 e. The Morgan fingerprint density at radius 3 is 2.68 bits per heavy atom. The van der Waals surface area contributed by atoms with Gasteiger partial charge in [0.25, 0.3) is 5.91 Å². The first kappa shape index (κ1) is 16.5. The molecule has 7 heteroatoms. The van der Waals surface area contributed by atoms with Crippen LogP contribution in [0.25, 0.3) is 0 Å². The van der Waals surface area contributed by atoms with Gasteiger partial charge in [-0.05, 0) is 37.3 Å². The third-order valence-corrected chi connectivity index (χ3v) is 4.75. The van der Waals surface area contributed by atoms with Gasteiger partial charge in [0.2, 0.25) is 11.8 Å². The first-order chi connectivity index (χ1) is 10.6. The van der Waals surface area contributed by atoms with E-state index in [1.165, 1.54) is 48.0 Å². The summed E-state index contributed by atoms with van der Waals surface area (Å²) >= 11 is 1.51. The molecule has 0 saturated heterocycles. The van der Waals surface area contributed by atoms with Crippen LogP contribution in [0.15, 0.2) is 6.07 Å². The summed E-state index contributed by atoms with van der Waals surface area (Å²) in [5.41, 5.74) is 6.05. The zero-order valence-electron chi connectivity index (χ0n) is 12.7. The van der Waals surface area contributed by atoms with Crippen LogP contribution in [0, 0.1) is 0 Å². The van der Waals surface area contributed by atoms with Crippen LogP contribution in [-0.4, -0.2) is 24.3 Å². The van der Waals surface area contributed by atoms with Crippen molar-refractivity contribution in [1.82, 2.24) is 16.2 Å². The number of hydrogen-bond donors (Lipinski definition) is 3. The Bertz CT molecular complexity index is 545. The van der Waals surface area contributed by atoms with Crippen molar-refractivity contribution in [2.45, 2.75) is 45.4 Å². The second kappa shape index (κ2) is 7.93. The zero-order chi connectivity index (χ0) is 15.9. The fourth-order valence-corrected chi connectivity index (χ4v) is 3.53. The molecule has 3 N–H and O–H groups in total. The van der Waals surface area contributed by atoms with Crippen molar-refractivity contribution in [3.05, 3.63) is 21.4 Å². The minimum absolute atomic E-state index is 0.126. The van der Waals surface area contributed by atoms with Crippen LogP contribution in [0.1, 0.15) is 52.7 Å². The molecule has 1 aliphatic carbocycles. The van der Waals surface area contributed by atoms with Gasteiger partial charge in [-0.15, -0.1) is 11.3 Å². The molecule has 1 heterocycles. The van der Waals surface area contributed by atoms with Gasteiger partial charge in [-0.3, -0.25) is 25.2 Å². The lowest BCUT2D eigenvalue weighted by Gasteiger charge is -2.06. The average Bonchev–Trinajstić information content (AvgIpc) is 2.75. The van der Waals surface area contributed by atoms with Crippen LogP contribution in [-0.2, 0) is 22.4 Å². The van der Waals surface area contributed by atoms with E-state index in [0.29, 0.717) is 4.88 Å². The summed E-state index contributed by atoms with van der Waals surface area (Å²) in [6.07, 6.45) is 5.78. The number of amides is 3. The van der Waals surface area contributed by atoms with Crippen molar-refractivity contribution in [1.29, 1.82) is 0 Å². The maximum Gasteiger partial charge on any atom is 0.279 e. The SMILES string of the molecule is CC(=O)NCCC(=O)NNC(=O)c1cc2c(s1)CCCCC2. The monoisotopic (exact) mass is 323 g/mol. The molecule has 0 fully saturated rings. The molecule has 1 aromatic rings. The molecule has 3 amide bonds. The van der Waals surface area contributed by atoms with Crippen molar-refractivity contribution < 1.29 is 14.4 Å². The Labute approximate surface area is 133 Å². The van der Waals surface area contributed by atoms with Crippen LogP contribution in [0.4, 0.5) is 0 Å². The van der Waals surface area contributed by atoms with E-state index in [1.54, 1.807) is 0 Å². The molecule has 2 rings (SSSR count). The van der Waals surface area contributed by atoms with Gasteiger partial charge >= 0.3 is 0 Å². The van der Waals surface area contributed by atoms with E-state index in [-0.39, 0.29) is 30.7 Å². The average molecular weight is 323 g/mol. The molecule has 0 aromatic carbocycles. The van der Waals surface area contributed by atoms with E-state index in [9.17, 15) is 14.4 Å². The van der Waals surface area contributed by atoms with Crippen LogP contribution < -0.4 is 16.2 Å². The fourth-order valence-electron chi connectivity index (χ4n) is 2.38. The predicted molar refractivity (Wildman–Crippen MR) is 84.5 cm³/mol. The second-order valence-corrected chi connectivity index (χ2v) is 6.49. The number of rotatable bonds is 4. The molecular weight excluding hydrogens is 302 g/mol. The van der Waals surface area contributed by atoms with Gasteiger partial charge in [0.1, 0.15) is 0 Å². The van der Waals surface area contributed by atoms with Gasteiger partial charge in [-0.25, -0.2) is 0 Å². The number of thiophene rings is 1. The standard InChI is InChI=1S/C15H21N3O3S/c1-10(19)16-8-7-14(20)17-18-15(21)13-9-11-5-3-2-4-6-12(11)22-13/h9H,2-8H2,1H3,(H,16,19)(H,17,20)(H,18,21). The first-order valence-corrected chi connectivity index (χ1v) is 8.33. The normalized spacial score (nSPS) is 13.7. The maximum absolute atomic E-state index is 12.0. The van der Waals surface area contributed by atoms with E-state index in [2.05, 4.69) is 16.2 Å². The summed E-state index contributed by atoms with van der Waals surface area (Å²) in [6, 6.07) is 1.93. The molecule has 0 unspecified atom stereocenters. The quantitative estimate of drug-likeness (QED) is 0.576. The maximum atomic E-state index is 12.0. The minimum atomic E-state index is -0.333. The molecule has 0 spiro atoms. The lowest BCUT2D eigenvalue weighted by Crippen LogP contribution is -2.42. The van der Waals surface area contributed by atoms with Gasteiger partial charge in [-0.2, -0.15) is 0 Å². The van der Waals surface area contributed by atoms with Crippen molar-refractivity contribution in [3.63, 3.8) is 0 Å². The highest BCUT2D eigenvalue weighted by atomic mass is 32.1. The number of nitrogens with one attached hydrogen (secondary N) is 3. The first-order valence-electron chi connectivity index (χ1n) is 7.51. The summed E-state index contributed by atoms with van der Waals surface area (Å²) < 4.78 is 0. The van der Waals surface area contributed by atoms with Gasteiger partial charge in [0.05, 0.1) is 4.88 Å². The van der Waals surface area contributed by atoms with Crippen molar-refractivity contribution >= 4 is 29.1 Å².